The first-order chi connectivity index (χ1) is 10.1. The van der Waals surface area contributed by atoms with Gasteiger partial charge in [-0.05, 0) is 45.4 Å². The van der Waals surface area contributed by atoms with Crippen LogP contribution in [0, 0.1) is 0 Å². The lowest BCUT2D eigenvalue weighted by Gasteiger charge is -2.36. The maximum Gasteiger partial charge on any atom is 0.416 e. The fraction of sp³-hybridized carbons (Fsp3) is 0.600. The molecule has 0 saturated heterocycles. The van der Waals surface area contributed by atoms with E-state index >= 15 is 0 Å². The second kappa shape index (κ2) is 7.59. The average Bonchev–Trinajstić information content (AvgIpc) is 2.36. The second-order valence-corrected chi connectivity index (χ2v) is 6.00. The molecule has 0 fully saturated rings. The van der Waals surface area contributed by atoms with Gasteiger partial charge in [0.15, 0.2) is 10.5 Å². The predicted molar refractivity (Wildman–Crippen MR) is 81.3 cm³/mol. The monoisotopic (exact) mass is 336 g/mol. The van der Waals surface area contributed by atoms with Crippen LogP contribution in [-0.4, -0.2) is 28.7 Å². The molecule has 0 radical (unpaired) electrons. The molecule has 0 aliphatic rings. The Hall–Kier alpha value is -0.893. The molecule has 0 aliphatic carbocycles. The number of hydrogen-bond donors (Lipinski definition) is 0. The number of alkyl halides is 3. The van der Waals surface area contributed by atoms with E-state index in [1.54, 1.807) is 0 Å². The number of benzene rings is 1. The summed E-state index contributed by atoms with van der Waals surface area (Å²) >= 11 is 0. The highest BCUT2D eigenvalue weighted by atomic mass is 28.2. The quantitative estimate of drug-likeness (QED) is 0.566. The van der Waals surface area contributed by atoms with Crippen molar-refractivity contribution in [2.45, 2.75) is 58.5 Å². The summed E-state index contributed by atoms with van der Waals surface area (Å²) in [5.41, 5.74) is -0.0200. The Morgan fingerprint density at radius 2 is 1.41 bits per heavy atom. The van der Waals surface area contributed by atoms with Crippen LogP contribution in [-0.2, 0) is 26.5 Å². The molecular weight excluding hydrogens is 313 g/mol. The van der Waals surface area contributed by atoms with Crippen molar-refractivity contribution in [3.05, 3.63) is 35.4 Å². The highest BCUT2D eigenvalue weighted by Gasteiger charge is 2.35. The number of hydrogen-bond acceptors (Lipinski definition) is 3. The molecule has 1 rings (SSSR count). The predicted octanol–water partition coefficient (Wildman–Crippen LogP) is 3.05. The lowest BCUT2D eigenvalue weighted by Crippen LogP contribution is -2.44. The molecule has 0 bridgehead atoms. The van der Waals surface area contributed by atoms with Gasteiger partial charge in [-0.3, -0.25) is 0 Å². The molecule has 0 unspecified atom stereocenters. The molecule has 7 heteroatoms. The van der Waals surface area contributed by atoms with E-state index < -0.39 is 17.7 Å². The zero-order valence-corrected chi connectivity index (χ0v) is 15.5. The van der Waals surface area contributed by atoms with Gasteiger partial charge in [-0.15, -0.1) is 0 Å². The zero-order valence-electron chi connectivity index (χ0n) is 13.5. The lowest BCUT2D eigenvalue weighted by atomic mass is 10.1. The molecule has 0 atom stereocenters. The second-order valence-electron chi connectivity index (χ2n) is 5.59. The van der Waals surface area contributed by atoms with Crippen LogP contribution in [0.1, 0.15) is 38.8 Å². The van der Waals surface area contributed by atoms with E-state index in [1.807, 2.05) is 27.7 Å². The fourth-order valence-corrected chi connectivity index (χ4v) is 2.40. The van der Waals surface area contributed by atoms with Gasteiger partial charge in [0.05, 0.1) is 24.2 Å². The normalized spacial score (nSPS) is 13.3. The molecule has 1 aromatic carbocycles. The summed E-state index contributed by atoms with van der Waals surface area (Å²) in [5, 5.41) is 0. The van der Waals surface area contributed by atoms with E-state index in [-0.39, 0.29) is 18.6 Å². The summed E-state index contributed by atoms with van der Waals surface area (Å²) in [5.74, 6) is -1.26. The first-order valence-corrected chi connectivity index (χ1v) is 7.96. The molecule has 22 heavy (non-hydrogen) atoms. The van der Waals surface area contributed by atoms with Gasteiger partial charge in [0.1, 0.15) is 0 Å². The maximum atomic E-state index is 12.6. The van der Waals surface area contributed by atoms with E-state index in [0.717, 1.165) is 12.1 Å². The van der Waals surface area contributed by atoms with Gasteiger partial charge in [-0.2, -0.15) is 13.2 Å². The summed E-state index contributed by atoms with van der Waals surface area (Å²) in [7, 11) is 0.379. The van der Waals surface area contributed by atoms with Crippen molar-refractivity contribution in [3.8, 4) is 0 Å². The Kier molecular flexibility index (Phi) is 6.60. The summed E-state index contributed by atoms with van der Waals surface area (Å²) in [6.07, 6.45) is -4.39. The van der Waals surface area contributed by atoms with Crippen LogP contribution in [0.3, 0.4) is 0 Å². The van der Waals surface area contributed by atoms with Gasteiger partial charge in [0.25, 0.3) is 5.97 Å². The Labute approximate surface area is 132 Å². The number of rotatable bonds is 7. The maximum absolute atomic E-state index is 12.6. The molecule has 0 saturated carbocycles. The zero-order chi connectivity index (χ0) is 17.0. The van der Waals surface area contributed by atoms with Crippen molar-refractivity contribution in [1.82, 2.24) is 0 Å². The molecule has 0 heterocycles. The van der Waals surface area contributed by atoms with Gasteiger partial charge in [-0.25, -0.2) is 0 Å². The van der Waals surface area contributed by atoms with Crippen LogP contribution in [0.5, 0.6) is 0 Å². The summed E-state index contributed by atoms with van der Waals surface area (Å²) in [6.45, 7) is 7.41. The molecule has 0 aromatic heterocycles. The molecule has 126 valence electrons. The van der Waals surface area contributed by atoms with Crippen LogP contribution in [0.15, 0.2) is 24.3 Å². The van der Waals surface area contributed by atoms with Crippen LogP contribution in [0.4, 0.5) is 13.2 Å². The lowest BCUT2D eigenvalue weighted by molar-refractivity contribution is -0.365. The number of halogens is 3. The minimum absolute atomic E-state index is 0.137. The van der Waals surface area contributed by atoms with E-state index in [4.69, 9.17) is 13.9 Å². The smallest absolute Gasteiger partial charge is 0.380 e. The van der Waals surface area contributed by atoms with Gasteiger partial charge >= 0.3 is 6.18 Å². The first kappa shape index (κ1) is 19.2. The molecular formula is C15H23F3O3Si. The van der Waals surface area contributed by atoms with Crippen molar-refractivity contribution in [1.29, 1.82) is 0 Å². The Morgan fingerprint density at radius 3 is 1.73 bits per heavy atom. The average molecular weight is 336 g/mol. The largest absolute Gasteiger partial charge is 0.416 e. The molecule has 0 N–H and O–H groups in total. The van der Waals surface area contributed by atoms with Gasteiger partial charge < -0.3 is 13.9 Å². The summed E-state index contributed by atoms with van der Waals surface area (Å²) in [4.78, 5) is 0. The van der Waals surface area contributed by atoms with E-state index in [1.165, 1.54) is 12.1 Å². The minimum atomic E-state index is -4.34. The van der Waals surface area contributed by atoms with Crippen LogP contribution in [0.2, 0.25) is 0 Å². The standard InChI is InChI=1S/C15H23F3O3Si/c1-10(2)19-14(21-22,20-11(3)4)9-12-5-7-13(8-6-12)15(16,17)18/h5-8,10-11H,9H2,1-4,22H3. The Balaban J connectivity index is 2.98. The molecule has 3 nitrogen and oxygen atoms in total. The third-order valence-electron chi connectivity index (χ3n) is 2.84. The van der Waals surface area contributed by atoms with Gasteiger partial charge in [-0.1, -0.05) is 12.1 Å². The SMILES string of the molecule is CC(C)OC(Cc1ccc(C(F)(F)F)cc1)(O[SiH3])OC(C)C. The number of ether oxygens (including phenoxy) is 2. The van der Waals surface area contributed by atoms with Crippen LogP contribution < -0.4 is 0 Å². The van der Waals surface area contributed by atoms with E-state index in [0.29, 0.717) is 16.0 Å². The fourth-order valence-electron chi connectivity index (χ4n) is 2.06. The summed E-state index contributed by atoms with van der Waals surface area (Å²) in [6, 6.07) is 4.95. The highest BCUT2D eigenvalue weighted by molar-refractivity contribution is 5.98. The Morgan fingerprint density at radius 1 is 0.955 bits per heavy atom. The van der Waals surface area contributed by atoms with Crippen molar-refractivity contribution < 1.29 is 27.1 Å². The van der Waals surface area contributed by atoms with E-state index in [2.05, 4.69) is 0 Å². The topological polar surface area (TPSA) is 27.7 Å². The van der Waals surface area contributed by atoms with Crippen molar-refractivity contribution >= 4 is 10.5 Å². The van der Waals surface area contributed by atoms with Crippen molar-refractivity contribution in [2.24, 2.45) is 0 Å². The van der Waals surface area contributed by atoms with Gasteiger partial charge in [0.2, 0.25) is 0 Å². The van der Waals surface area contributed by atoms with Crippen LogP contribution in [0.25, 0.3) is 0 Å². The molecule has 0 spiro atoms. The third kappa shape index (κ3) is 5.72. The third-order valence-corrected chi connectivity index (χ3v) is 3.47. The first-order valence-electron chi connectivity index (χ1n) is 7.15. The van der Waals surface area contributed by atoms with Crippen molar-refractivity contribution in [2.75, 3.05) is 0 Å². The van der Waals surface area contributed by atoms with Crippen molar-refractivity contribution in [3.63, 3.8) is 0 Å². The highest BCUT2D eigenvalue weighted by Crippen LogP contribution is 2.30. The molecule has 0 aliphatic heterocycles. The Bertz CT molecular complexity index is 448. The van der Waals surface area contributed by atoms with Crippen LogP contribution >= 0.6 is 0 Å². The molecule has 1 aromatic rings. The van der Waals surface area contributed by atoms with E-state index in [9.17, 15) is 13.2 Å². The molecule has 0 amide bonds. The van der Waals surface area contributed by atoms with Gasteiger partial charge in [0, 0.05) is 0 Å². The minimum Gasteiger partial charge on any atom is -0.380 e. The summed E-state index contributed by atoms with van der Waals surface area (Å²) < 4.78 is 54.9.